The summed E-state index contributed by atoms with van der Waals surface area (Å²) in [6, 6.07) is 0. The molecule has 0 radical (unpaired) electrons. The predicted octanol–water partition coefficient (Wildman–Crippen LogP) is 1.22. The molecule has 0 spiro atoms. The smallest absolute Gasteiger partial charge is 0.246 e. The Kier molecular flexibility index (Phi) is 4.18. The molecule has 0 bridgehead atoms. The van der Waals surface area contributed by atoms with E-state index in [1.165, 1.54) is 0 Å². The number of hydrogen-bond acceptors (Lipinski definition) is 3. The summed E-state index contributed by atoms with van der Waals surface area (Å²) in [6.07, 6.45) is 2.79. The van der Waals surface area contributed by atoms with Crippen LogP contribution in [-0.2, 0) is 14.4 Å². The number of rotatable bonds is 3. The summed E-state index contributed by atoms with van der Waals surface area (Å²) in [4.78, 5) is 16.2. The summed E-state index contributed by atoms with van der Waals surface area (Å²) in [7, 11) is 0. The minimum Gasteiger partial charge on any atom is -0.350 e. The van der Waals surface area contributed by atoms with Crippen LogP contribution >= 0.6 is 0 Å². The van der Waals surface area contributed by atoms with Gasteiger partial charge in [-0.25, -0.2) is 10.3 Å². The van der Waals surface area contributed by atoms with Gasteiger partial charge < -0.3 is 4.74 Å². The summed E-state index contributed by atoms with van der Waals surface area (Å²) in [5.74, 6) is -0.155. The zero-order valence-corrected chi connectivity index (χ0v) is 8.21. The molecule has 0 aromatic heterocycles. The van der Waals surface area contributed by atoms with E-state index in [1.54, 1.807) is 0 Å². The van der Waals surface area contributed by atoms with Gasteiger partial charge in [0, 0.05) is 18.9 Å². The van der Waals surface area contributed by atoms with Gasteiger partial charge in [-0.15, -0.1) is 0 Å². The fourth-order valence-electron chi connectivity index (χ4n) is 1.05. The Labute approximate surface area is 78.5 Å². The minimum absolute atomic E-state index is 0.0522. The average molecular weight is 187 g/mol. The maximum absolute atomic E-state index is 11.1. The number of ether oxygens (including phenoxy) is 1. The fourth-order valence-corrected chi connectivity index (χ4v) is 1.05. The van der Waals surface area contributed by atoms with Crippen LogP contribution in [0.15, 0.2) is 0 Å². The highest BCUT2D eigenvalue weighted by Gasteiger charge is 2.16. The third-order valence-electron chi connectivity index (χ3n) is 1.95. The second-order valence-electron chi connectivity index (χ2n) is 3.53. The molecule has 1 fully saturated rings. The van der Waals surface area contributed by atoms with Crippen molar-refractivity contribution in [2.75, 3.05) is 6.61 Å². The molecule has 0 aliphatic carbocycles. The fraction of sp³-hybridized carbons (Fsp3) is 0.889. The van der Waals surface area contributed by atoms with Gasteiger partial charge in [-0.05, 0) is 12.8 Å². The highest BCUT2D eigenvalue weighted by Crippen LogP contribution is 2.12. The van der Waals surface area contributed by atoms with E-state index in [2.05, 4.69) is 5.48 Å². The molecule has 1 rings (SSSR count). The topological polar surface area (TPSA) is 47.6 Å². The van der Waals surface area contributed by atoms with Crippen LogP contribution in [0.1, 0.15) is 33.1 Å². The van der Waals surface area contributed by atoms with Crippen LogP contribution in [0.5, 0.6) is 0 Å². The summed E-state index contributed by atoms with van der Waals surface area (Å²) >= 11 is 0. The molecule has 1 aliphatic heterocycles. The standard InChI is InChI=1S/C9H17NO3/c1-7(2)9(11)10-13-8-5-3-4-6-12-8/h7-8H,3-6H2,1-2H3,(H,10,11). The van der Waals surface area contributed by atoms with Gasteiger partial charge in [0.2, 0.25) is 5.91 Å². The Morgan fingerprint density at radius 1 is 1.54 bits per heavy atom. The molecular formula is C9H17NO3. The number of amides is 1. The zero-order valence-electron chi connectivity index (χ0n) is 8.21. The van der Waals surface area contributed by atoms with Crippen LogP contribution in [0.2, 0.25) is 0 Å². The lowest BCUT2D eigenvalue weighted by atomic mass is 10.2. The quantitative estimate of drug-likeness (QED) is 0.676. The van der Waals surface area contributed by atoms with Crippen molar-refractivity contribution in [3.63, 3.8) is 0 Å². The van der Waals surface area contributed by atoms with Crippen molar-refractivity contribution in [1.29, 1.82) is 0 Å². The van der Waals surface area contributed by atoms with Gasteiger partial charge in [-0.3, -0.25) is 4.79 Å². The van der Waals surface area contributed by atoms with Gasteiger partial charge in [-0.2, -0.15) is 0 Å². The van der Waals surface area contributed by atoms with Gasteiger partial charge in [0.1, 0.15) is 0 Å². The van der Waals surface area contributed by atoms with Crippen molar-refractivity contribution in [2.24, 2.45) is 5.92 Å². The molecule has 0 saturated carbocycles. The lowest BCUT2D eigenvalue weighted by Crippen LogP contribution is -2.35. The normalized spacial score (nSPS) is 23.2. The number of hydroxylamine groups is 1. The van der Waals surface area contributed by atoms with Gasteiger partial charge in [0.15, 0.2) is 6.29 Å². The molecule has 1 unspecified atom stereocenters. The third kappa shape index (κ3) is 3.74. The first kappa shape index (κ1) is 10.5. The summed E-state index contributed by atoms with van der Waals surface area (Å²) in [6.45, 7) is 4.36. The monoisotopic (exact) mass is 187 g/mol. The highest BCUT2D eigenvalue weighted by atomic mass is 16.8. The third-order valence-corrected chi connectivity index (χ3v) is 1.95. The summed E-state index contributed by atoms with van der Waals surface area (Å²) in [5.41, 5.74) is 2.39. The molecule has 1 saturated heterocycles. The van der Waals surface area contributed by atoms with E-state index in [-0.39, 0.29) is 18.1 Å². The minimum atomic E-state index is -0.253. The Morgan fingerprint density at radius 2 is 2.31 bits per heavy atom. The van der Waals surface area contributed by atoms with Crippen LogP contribution in [0.4, 0.5) is 0 Å². The van der Waals surface area contributed by atoms with E-state index in [0.29, 0.717) is 0 Å². The second-order valence-corrected chi connectivity index (χ2v) is 3.53. The Balaban J connectivity index is 2.13. The van der Waals surface area contributed by atoms with E-state index < -0.39 is 0 Å². The van der Waals surface area contributed by atoms with E-state index >= 15 is 0 Å². The lowest BCUT2D eigenvalue weighted by Gasteiger charge is -2.22. The van der Waals surface area contributed by atoms with E-state index in [1.807, 2.05) is 13.8 Å². The van der Waals surface area contributed by atoms with Crippen molar-refractivity contribution >= 4 is 5.91 Å². The maximum Gasteiger partial charge on any atom is 0.246 e. The molecule has 1 atom stereocenters. The largest absolute Gasteiger partial charge is 0.350 e. The van der Waals surface area contributed by atoms with Crippen molar-refractivity contribution in [3.8, 4) is 0 Å². The molecule has 13 heavy (non-hydrogen) atoms. The molecule has 0 aromatic rings. The first-order valence-electron chi connectivity index (χ1n) is 4.77. The van der Waals surface area contributed by atoms with Crippen molar-refractivity contribution < 1.29 is 14.4 Å². The second kappa shape index (κ2) is 5.19. The van der Waals surface area contributed by atoms with Gasteiger partial charge in [0.25, 0.3) is 0 Å². The molecule has 4 heteroatoms. The van der Waals surface area contributed by atoms with Gasteiger partial charge in [0.05, 0.1) is 0 Å². The first-order valence-corrected chi connectivity index (χ1v) is 4.77. The van der Waals surface area contributed by atoms with Crippen LogP contribution in [0.25, 0.3) is 0 Å². The van der Waals surface area contributed by atoms with Crippen LogP contribution in [0, 0.1) is 5.92 Å². The molecule has 1 heterocycles. The van der Waals surface area contributed by atoms with Crippen molar-refractivity contribution in [1.82, 2.24) is 5.48 Å². The molecule has 76 valence electrons. The van der Waals surface area contributed by atoms with E-state index in [4.69, 9.17) is 9.57 Å². The molecule has 1 N–H and O–H groups in total. The molecular weight excluding hydrogens is 170 g/mol. The van der Waals surface area contributed by atoms with Crippen LogP contribution in [-0.4, -0.2) is 18.8 Å². The zero-order chi connectivity index (χ0) is 9.68. The molecule has 1 aliphatic rings. The maximum atomic E-state index is 11.1. The summed E-state index contributed by atoms with van der Waals surface area (Å²) < 4.78 is 5.27. The first-order chi connectivity index (χ1) is 6.20. The van der Waals surface area contributed by atoms with E-state index in [9.17, 15) is 4.79 Å². The average Bonchev–Trinajstić information content (AvgIpc) is 2.15. The van der Waals surface area contributed by atoms with Gasteiger partial charge >= 0.3 is 0 Å². The van der Waals surface area contributed by atoms with Gasteiger partial charge in [-0.1, -0.05) is 13.8 Å². The van der Waals surface area contributed by atoms with Crippen LogP contribution in [0.3, 0.4) is 0 Å². The number of hydrogen-bond donors (Lipinski definition) is 1. The Morgan fingerprint density at radius 3 is 2.85 bits per heavy atom. The summed E-state index contributed by atoms with van der Waals surface area (Å²) in [5, 5.41) is 0. The number of carbonyl (C=O) groups is 1. The number of nitrogens with one attached hydrogen (secondary N) is 1. The van der Waals surface area contributed by atoms with Crippen LogP contribution < -0.4 is 5.48 Å². The molecule has 0 aromatic carbocycles. The SMILES string of the molecule is CC(C)C(=O)NOC1CCCCO1. The highest BCUT2D eigenvalue weighted by molar-refractivity contribution is 5.76. The molecule has 1 amide bonds. The lowest BCUT2D eigenvalue weighted by molar-refractivity contribution is -0.201. The van der Waals surface area contributed by atoms with Crippen molar-refractivity contribution in [2.45, 2.75) is 39.4 Å². The Bertz CT molecular complexity index is 164. The molecule has 4 nitrogen and oxygen atoms in total. The number of carbonyl (C=O) groups excluding carboxylic acids is 1. The Hall–Kier alpha value is -0.610. The predicted molar refractivity (Wildman–Crippen MR) is 47.7 cm³/mol. The van der Waals surface area contributed by atoms with E-state index in [0.717, 1.165) is 25.9 Å². The van der Waals surface area contributed by atoms with Crippen molar-refractivity contribution in [3.05, 3.63) is 0 Å².